The van der Waals surface area contributed by atoms with Gasteiger partial charge in [0.1, 0.15) is 0 Å². The summed E-state index contributed by atoms with van der Waals surface area (Å²) >= 11 is 0. The maximum Gasteiger partial charge on any atom is 0.0357 e. The number of hydrogen-bond donors (Lipinski definition) is 1. The molecule has 0 radical (unpaired) electrons. The van der Waals surface area contributed by atoms with Gasteiger partial charge < -0.3 is 5.32 Å². The van der Waals surface area contributed by atoms with E-state index in [1.807, 2.05) is 0 Å². The zero-order chi connectivity index (χ0) is 8.91. The summed E-state index contributed by atoms with van der Waals surface area (Å²) in [4.78, 5) is 0. The van der Waals surface area contributed by atoms with Crippen molar-refractivity contribution >= 4 is 10.8 Å². The third-order valence-corrected chi connectivity index (χ3v) is 2.00. The maximum atomic E-state index is 10.6. The minimum Gasteiger partial charge on any atom is -0.315 e. The Morgan fingerprint density at radius 2 is 1.91 bits per heavy atom. The SMILES string of the molecule is CS(=O)CCNCC(C)(C)C. The highest BCUT2D eigenvalue weighted by Gasteiger charge is 2.08. The summed E-state index contributed by atoms with van der Waals surface area (Å²) in [6.07, 6.45) is 1.73. The number of nitrogens with one attached hydrogen (secondary N) is 1. The highest BCUT2D eigenvalue weighted by atomic mass is 32.2. The highest BCUT2D eigenvalue weighted by molar-refractivity contribution is 7.84. The summed E-state index contributed by atoms with van der Waals surface area (Å²) in [5.74, 6) is 0.760. The largest absolute Gasteiger partial charge is 0.315 e. The van der Waals surface area contributed by atoms with E-state index in [1.54, 1.807) is 6.26 Å². The lowest BCUT2D eigenvalue weighted by atomic mass is 9.97. The Bertz CT molecular complexity index is 129. The fourth-order valence-electron chi connectivity index (χ4n) is 0.679. The van der Waals surface area contributed by atoms with E-state index in [0.717, 1.165) is 18.8 Å². The van der Waals surface area contributed by atoms with E-state index in [4.69, 9.17) is 0 Å². The summed E-state index contributed by atoms with van der Waals surface area (Å²) in [7, 11) is -0.656. The molecule has 0 aliphatic heterocycles. The molecule has 68 valence electrons. The van der Waals surface area contributed by atoms with Gasteiger partial charge in [-0.1, -0.05) is 20.8 Å². The van der Waals surface area contributed by atoms with Crippen LogP contribution in [0, 0.1) is 5.41 Å². The molecular weight excluding hydrogens is 158 g/mol. The van der Waals surface area contributed by atoms with Crippen LogP contribution in [0.15, 0.2) is 0 Å². The van der Waals surface area contributed by atoms with E-state index < -0.39 is 10.8 Å². The van der Waals surface area contributed by atoms with Gasteiger partial charge >= 0.3 is 0 Å². The first-order valence-corrected chi connectivity index (χ1v) is 5.65. The quantitative estimate of drug-likeness (QED) is 0.649. The Labute approximate surface area is 72.2 Å². The molecule has 0 aliphatic carbocycles. The van der Waals surface area contributed by atoms with E-state index >= 15 is 0 Å². The van der Waals surface area contributed by atoms with Crippen LogP contribution in [0.25, 0.3) is 0 Å². The van der Waals surface area contributed by atoms with Gasteiger partial charge in [-0.15, -0.1) is 0 Å². The monoisotopic (exact) mass is 177 g/mol. The van der Waals surface area contributed by atoms with Crippen molar-refractivity contribution in [2.24, 2.45) is 5.41 Å². The third kappa shape index (κ3) is 10.1. The predicted octanol–water partition coefficient (Wildman–Crippen LogP) is 1.00. The standard InChI is InChI=1S/C8H19NOS/c1-8(2,3)7-9-5-6-11(4)10/h9H,5-7H2,1-4H3. The van der Waals surface area contributed by atoms with Gasteiger partial charge in [0.15, 0.2) is 0 Å². The van der Waals surface area contributed by atoms with Crippen LogP contribution < -0.4 is 5.32 Å². The Morgan fingerprint density at radius 1 is 1.36 bits per heavy atom. The molecule has 0 spiro atoms. The number of rotatable bonds is 4. The first kappa shape index (κ1) is 11.1. The van der Waals surface area contributed by atoms with Crippen LogP contribution in [-0.2, 0) is 10.8 Å². The first-order chi connectivity index (χ1) is 4.92. The minimum absolute atomic E-state index is 0.329. The molecule has 1 atom stereocenters. The van der Waals surface area contributed by atoms with E-state index in [2.05, 4.69) is 26.1 Å². The van der Waals surface area contributed by atoms with Crippen molar-refractivity contribution in [3.63, 3.8) is 0 Å². The van der Waals surface area contributed by atoms with Crippen LogP contribution in [0.5, 0.6) is 0 Å². The molecule has 0 aromatic rings. The van der Waals surface area contributed by atoms with E-state index in [0.29, 0.717) is 5.41 Å². The molecule has 0 aliphatic rings. The van der Waals surface area contributed by atoms with Gasteiger partial charge in [-0.2, -0.15) is 0 Å². The second kappa shape index (κ2) is 4.88. The van der Waals surface area contributed by atoms with Crippen LogP contribution in [0.2, 0.25) is 0 Å². The van der Waals surface area contributed by atoms with Crippen molar-refractivity contribution < 1.29 is 4.21 Å². The lowest BCUT2D eigenvalue weighted by Crippen LogP contribution is -2.29. The molecule has 0 bridgehead atoms. The van der Waals surface area contributed by atoms with E-state index in [-0.39, 0.29) is 0 Å². The molecule has 0 amide bonds. The second-order valence-electron chi connectivity index (χ2n) is 4.01. The van der Waals surface area contributed by atoms with Crippen LogP contribution in [0.3, 0.4) is 0 Å². The van der Waals surface area contributed by atoms with Gasteiger partial charge in [-0.05, 0) is 5.41 Å². The Hall–Kier alpha value is 0.110. The van der Waals surface area contributed by atoms with Crippen molar-refractivity contribution in [2.45, 2.75) is 20.8 Å². The highest BCUT2D eigenvalue weighted by Crippen LogP contribution is 2.09. The molecule has 0 aromatic heterocycles. The zero-order valence-corrected chi connectivity index (χ0v) is 8.75. The van der Waals surface area contributed by atoms with Crippen molar-refractivity contribution in [3.8, 4) is 0 Å². The van der Waals surface area contributed by atoms with Crippen molar-refractivity contribution in [2.75, 3.05) is 25.1 Å². The van der Waals surface area contributed by atoms with E-state index in [1.165, 1.54) is 0 Å². The Balaban J connectivity index is 3.22. The molecule has 1 N–H and O–H groups in total. The summed E-state index contributed by atoms with van der Waals surface area (Å²) in [5, 5.41) is 3.26. The average molecular weight is 177 g/mol. The molecule has 0 heterocycles. The number of hydrogen-bond acceptors (Lipinski definition) is 2. The molecule has 11 heavy (non-hydrogen) atoms. The van der Waals surface area contributed by atoms with Gasteiger partial charge in [-0.3, -0.25) is 4.21 Å². The summed E-state index contributed by atoms with van der Waals surface area (Å²) in [5.41, 5.74) is 0.329. The minimum atomic E-state index is -0.656. The molecule has 0 fully saturated rings. The second-order valence-corrected chi connectivity index (χ2v) is 5.57. The average Bonchev–Trinajstić information content (AvgIpc) is 1.78. The summed E-state index contributed by atoms with van der Waals surface area (Å²) in [6.45, 7) is 8.40. The first-order valence-electron chi connectivity index (χ1n) is 3.92. The molecule has 0 saturated carbocycles. The predicted molar refractivity (Wildman–Crippen MR) is 51.3 cm³/mol. The summed E-state index contributed by atoms with van der Waals surface area (Å²) < 4.78 is 10.6. The van der Waals surface area contributed by atoms with Gasteiger partial charge in [0.05, 0.1) is 0 Å². The van der Waals surface area contributed by atoms with Gasteiger partial charge in [0.25, 0.3) is 0 Å². The van der Waals surface area contributed by atoms with Gasteiger partial charge in [0.2, 0.25) is 0 Å². The lowest BCUT2D eigenvalue weighted by Gasteiger charge is -2.18. The van der Waals surface area contributed by atoms with Crippen molar-refractivity contribution in [1.82, 2.24) is 5.32 Å². The molecular formula is C8H19NOS. The topological polar surface area (TPSA) is 29.1 Å². The van der Waals surface area contributed by atoms with Crippen molar-refractivity contribution in [1.29, 1.82) is 0 Å². The van der Waals surface area contributed by atoms with Crippen LogP contribution >= 0.6 is 0 Å². The maximum absolute atomic E-state index is 10.6. The Kier molecular flexibility index (Phi) is 4.93. The van der Waals surface area contributed by atoms with Gasteiger partial charge in [0, 0.05) is 35.9 Å². The lowest BCUT2D eigenvalue weighted by molar-refractivity contribution is 0.385. The molecule has 3 heteroatoms. The molecule has 0 saturated heterocycles. The van der Waals surface area contributed by atoms with Crippen LogP contribution in [0.1, 0.15) is 20.8 Å². The zero-order valence-electron chi connectivity index (χ0n) is 7.94. The smallest absolute Gasteiger partial charge is 0.0357 e. The normalized spacial score (nSPS) is 14.9. The van der Waals surface area contributed by atoms with Crippen LogP contribution in [-0.4, -0.2) is 29.3 Å². The molecule has 0 rings (SSSR count). The molecule has 2 nitrogen and oxygen atoms in total. The van der Waals surface area contributed by atoms with Crippen LogP contribution in [0.4, 0.5) is 0 Å². The van der Waals surface area contributed by atoms with E-state index in [9.17, 15) is 4.21 Å². The fraction of sp³-hybridized carbons (Fsp3) is 1.00. The fourth-order valence-corrected chi connectivity index (χ4v) is 1.11. The van der Waals surface area contributed by atoms with Crippen molar-refractivity contribution in [3.05, 3.63) is 0 Å². The Morgan fingerprint density at radius 3 is 2.27 bits per heavy atom. The molecule has 0 aromatic carbocycles. The van der Waals surface area contributed by atoms with Gasteiger partial charge in [-0.25, -0.2) is 0 Å². The molecule has 1 unspecified atom stereocenters. The third-order valence-electron chi connectivity index (χ3n) is 1.22. The summed E-state index contributed by atoms with van der Waals surface area (Å²) in [6, 6.07) is 0.